The van der Waals surface area contributed by atoms with E-state index in [1.807, 2.05) is 18.2 Å². The first-order valence-corrected chi connectivity index (χ1v) is 6.24. The van der Waals surface area contributed by atoms with Gasteiger partial charge in [-0.15, -0.1) is 0 Å². The molecule has 2 aromatic carbocycles. The van der Waals surface area contributed by atoms with Crippen LogP contribution in [-0.2, 0) is 9.53 Å². The van der Waals surface area contributed by atoms with Crippen molar-refractivity contribution in [3.63, 3.8) is 0 Å². The number of carbonyl (C=O) groups excluding carboxylic acids is 1. The van der Waals surface area contributed by atoms with E-state index >= 15 is 0 Å². The fourth-order valence-corrected chi connectivity index (χ4v) is 1.93. The van der Waals surface area contributed by atoms with Gasteiger partial charge in [-0.25, -0.2) is 9.79 Å². The van der Waals surface area contributed by atoms with E-state index < -0.39 is 5.97 Å². The first-order valence-electron chi connectivity index (χ1n) is 6.24. The summed E-state index contributed by atoms with van der Waals surface area (Å²) in [6, 6.07) is 13.5. The molecule has 2 N–H and O–H groups in total. The lowest BCUT2D eigenvalue weighted by molar-refractivity contribution is -0.129. The lowest BCUT2D eigenvalue weighted by atomic mass is 10.1. The summed E-state index contributed by atoms with van der Waals surface area (Å²) in [5.74, 6) is -0.952. The molecule has 0 saturated heterocycles. The van der Waals surface area contributed by atoms with Crippen molar-refractivity contribution in [2.45, 2.75) is 0 Å². The predicted molar refractivity (Wildman–Crippen MR) is 76.8 cm³/mol. The quantitative estimate of drug-likeness (QED) is 0.503. The molecule has 2 aromatic rings. The molecule has 1 aliphatic rings. The second-order valence-electron chi connectivity index (χ2n) is 4.42. The highest BCUT2D eigenvalue weighted by Crippen LogP contribution is 2.31. The van der Waals surface area contributed by atoms with Gasteiger partial charge in [0, 0.05) is 11.1 Å². The summed E-state index contributed by atoms with van der Waals surface area (Å²) in [6.45, 7) is 0. The molecule has 1 heterocycles. The van der Waals surface area contributed by atoms with Crippen LogP contribution < -0.4 is 0 Å². The normalized spacial score (nSPS) is 15.9. The van der Waals surface area contributed by atoms with Crippen molar-refractivity contribution in [3.05, 3.63) is 65.4 Å². The third-order valence-corrected chi connectivity index (χ3v) is 2.98. The van der Waals surface area contributed by atoms with Crippen LogP contribution in [0.1, 0.15) is 11.1 Å². The Bertz CT molecular complexity index is 763. The maximum absolute atomic E-state index is 11.8. The number of phenols is 2. The predicted octanol–water partition coefficient (Wildman–Crippen LogP) is 2.44. The zero-order valence-corrected chi connectivity index (χ0v) is 10.9. The summed E-state index contributed by atoms with van der Waals surface area (Å²) < 4.78 is 5.10. The maximum atomic E-state index is 11.8. The fourth-order valence-electron chi connectivity index (χ4n) is 1.93. The van der Waals surface area contributed by atoms with Crippen LogP contribution in [0.25, 0.3) is 6.08 Å². The number of benzene rings is 2. The highest BCUT2D eigenvalue weighted by atomic mass is 16.6. The van der Waals surface area contributed by atoms with Gasteiger partial charge in [-0.05, 0) is 24.3 Å². The second kappa shape index (κ2) is 5.13. The Morgan fingerprint density at radius 1 is 1.00 bits per heavy atom. The maximum Gasteiger partial charge on any atom is 0.363 e. The van der Waals surface area contributed by atoms with Crippen molar-refractivity contribution in [1.29, 1.82) is 0 Å². The number of hydrogen-bond donors (Lipinski definition) is 2. The zero-order valence-electron chi connectivity index (χ0n) is 10.9. The van der Waals surface area contributed by atoms with Gasteiger partial charge < -0.3 is 14.9 Å². The van der Waals surface area contributed by atoms with Crippen molar-refractivity contribution in [1.82, 2.24) is 0 Å². The van der Waals surface area contributed by atoms with Crippen LogP contribution in [0.5, 0.6) is 11.5 Å². The number of hydrogen-bond acceptors (Lipinski definition) is 5. The molecule has 0 unspecified atom stereocenters. The highest BCUT2D eigenvalue weighted by molar-refractivity contribution is 6.12. The molecule has 0 amide bonds. The Hall–Kier alpha value is -3.08. The molecule has 21 heavy (non-hydrogen) atoms. The number of ether oxygens (including phenoxy) is 1. The smallest absolute Gasteiger partial charge is 0.363 e. The van der Waals surface area contributed by atoms with Crippen molar-refractivity contribution in [3.8, 4) is 11.5 Å². The Labute approximate surface area is 120 Å². The highest BCUT2D eigenvalue weighted by Gasteiger charge is 2.24. The van der Waals surface area contributed by atoms with Crippen LogP contribution in [0, 0.1) is 0 Å². The number of esters is 1. The minimum Gasteiger partial charge on any atom is -0.504 e. The Morgan fingerprint density at radius 3 is 2.52 bits per heavy atom. The van der Waals surface area contributed by atoms with E-state index in [-0.39, 0.29) is 23.1 Å². The minimum absolute atomic E-state index is 0.0646. The van der Waals surface area contributed by atoms with Crippen LogP contribution in [-0.4, -0.2) is 22.1 Å². The lowest BCUT2D eigenvalue weighted by Crippen LogP contribution is -2.04. The SMILES string of the molecule is O=C1OC(c2ccccc2)=NC1=Cc1cccc(O)c1O. The summed E-state index contributed by atoms with van der Waals surface area (Å²) in [4.78, 5) is 15.9. The molecular formula is C16H11NO4. The molecule has 0 fully saturated rings. The van der Waals surface area contributed by atoms with Crippen LogP contribution in [0.3, 0.4) is 0 Å². The first-order chi connectivity index (χ1) is 10.1. The van der Waals surface area contributed by atoms with E-state index in [1.165, 1.54) is 12.1 Å². The van der Waals surface area contributed by atoms with Crippen LogP contribution in [0.15, 0.2) is 59.2 Å². The van der Waals surface area contributed by atoms with Crippen LogP contribution >= 0.6 is 0 Å². The topological polar surface area (TPSA) is 79.1 Å². The summed E-state index contributed by atoms with van der Waals surface area (Å²) in [5.41, 5.74) is 1.05. The van der Waals surface area contributed by atoms with Gasteiger partial charge in [0.2, 0.25) is 5.90 Å². The van der Waals surface area contributed by atoms with E-state index in [9.17, 15) is 15.0 Å². The Morgan fingerprint density at radius 2 is 1.76 bits per heavy atom. The molecule has 0 saturated carbocycles. The number of aliphatic imine (C=N–C) groups is 1. The van der Waals surface area contributed by atoms with E-state index in [0.29, 0.717) is 11.1 Å². The largest absolute Gasteiger partial charge is 0.504 e. The van der Waals surface area contributed by atoms with E-state index in [4.69, 9.17) is 4.74 Å². The van der Waals surface area contributed by atoms with E-state index in [2.05, 4.69) is 4.99 Å². The molecule has 3 rings (SSSR count). The van der Waals surface area contributed by atoms with Crippen molar-refractivity contribution >= 4 is 17.9 Å². The molecule has 0 aliphatic carbocycles. The van der Waals surface area contributed by atoms with Gasteiger partial charge in [-0.2, -0.15) is 0 Å². The van der Waals surface area contributed by atoms with Gasteiger partial charge in [0.25, 0.3) is 0 Å². The molecule has 0 aromatic heterocycles. The standard InChI is InChI=1S/C16H11NO4/c18-13-8-4-7-11(14(13)19)9-12-16(20)21-15(17-12)10-5-2-1-3-6-10/h1-9,18-19H. The molecule has 0 radical (unpaired) electrons. The van der Waals surface area contributed by atoms with Crippen molar-refractivity contribution < 1.29 is 19.7 Å². The third-order valence-electron chi connectivity index (χ3n) is 2.98. The lowest BCUT2D eigenvalue weighted by Gasteiger charge is -2.00. The molecule has 5 nitrogen and oxygen atoms in total. The Balaban J connectivity index is 1.99. The van der Waals surface area contributed by atoms with Gasteiger partial charge in [0.15, 0.2) is 17.2 Å². The number of carbonyl (C=O) groups is 1. The second-order valence-corrected chi connectivity index (χ2v) is 4.42. The third kappa shape index (κ3) is 2.49. The molecule has 104 valence electrons. The summed E-state index contributed by atoms with van der Waals surface area (Å²) in [5, 5.41) is 19.2. The molecule has 5 heteroatoms. The summed E-state index contributed by atoms with van der Waals surface area (Å²) >= 11 is 0. The molecular weight excluding hydrogens is 270 g/mol. The fraction of sp³-hybridized carbons (Fsp3) is 0. The van der Waals surface area contributed by atoms with E-state index in [0.717, 1.165) is 0 Å². The monoisotopic (exact) mass is 281 g/mol. The number of cyclic esters (lactones) is 1. The Kier molecular flexibility index (Phi) is 3.16. The van der Waals surface area contributed by atoms with Crippen LogP contribution in [0.4, 0.5) is 0 Å². The van der Waals surface area contributed by atoms with Gasteiger partial charge in [-0.1, -0.05) is 30.3 Å². The van der Waals surface area contributed by atoms with Gasteiger partial charge in [0.1, 0.15) is 0 Å². The number of nitrogens with zero attached hydrogens (tertiary/aromatic N) is 1. The number of para-hydroxylation sites is 1. The van der Waals surface area contributed by atoms with Gasteiger partial charge >= 0.3 is 5.97 Å². The first kappa shape index (κ1) is 12.9. The number of aromatic hydroxyl groups is 2. The summed E-state index contributed by atoms with van der Waals surface area (Å²) in [7, 11) is 0. The molecule has 1 aliphatic heterocycles. The van der Waals surface area contributed by atoms with Crippen molar-refractivity contribution in [2.24, 2.45) is 4.99 Å². The average Bonchev–Trinajstić information content (AvgIpc) is 2.86. The van der Waals surface area contributed by atoms with Crippen LogP contribution in [0.2, 0.25) is 0 Å². The van der Waals surface area contributed by atoms with Gasteiger partial charge in [-0.3, -0.25) is 0 Å². The minimum atomic E-state index is -0.600. The average molecular weight is 281 g/mol. The van der Waals surface area contributed by atoms with E-state index in [1.54, 1.807) is 24.3 Å². The summed E-state index contributed by atoms with van der Waals surface area (Å²) in [6.07, 6.45) is 1.37. The molecule has 0 atom stereocenters. The zero-order chi connectivity index (χ0) is 14.8. The molecule has 0 bridgehead atoms. The van der Waals surface area contributed by atoms with Crippen molar-refractivity contribution in [2.75, 3.05) is 0 Å². The number of phenolic OH excluding ortho intramolecular Hbond substituents is 2. The number of rotatable bonds is 2. The molecule has 0 spiro atoms. The van der Waals surface area contributed by atoms with Gasteiger partial charge in [0.05, 0.1) is 0 Å².